The maximum atomic E-state index is 12.2. The lowest BCUT2D eigenvalue weighted by molar-refractivity contribution is -0.153. The van der Waals surface area contributed by atoms with Crippen LogP contribution < -0.4 is 0 Å². The first-order chi connectivity index (χ1) is 31.6. The van der Waals surface area contributed by atoms with Crippen LogP contribution in [0.1, 0.15) is 159 Å². The molecule has 4 rings (SSSR count). The van der Waals surface area contributed by atoms with Crippen LogP contribution in [0.25, 0.3) is 22.3 Å². The van der Waals surface area contributed by atoms with Gasteiger partial charge in [-0.2, -0.15) is 0 Å². The van der Waals surface area contributed by atoms with Crippen molar-refractivity contribution in [2.45, 2.75) is 160 Å². The van der Waals surface area contributed by atoms with Gasteiger partial charge in [0.2, 0.25) is 0 Å². The Labute approximate surface area is 398 Å². The maximum Gasteiger partial charge on any atom is 0.347 e. The van der Waals surface area contributed by atoms with E-state index < -0.39 is 36.1 Å². The van der Waals surface area contributed by atoms with Crippen molar-refractivity contribution in [3.8, 4) is 22.3 Å². The van der Waals surface area contributed by atoms with Crippen molar-refractivity contribution in [2.75, 3.05) is 24.7 Å². The SMILES string of the molecule is CCCCCCCCCCSc1ccc(-c2ccc(C(=O)O[C@@H](C)C(=O)OCC)cc2)cc1.CCCCCCCCCSc1ccc(-c2ccc(C(=O)O[C@@H](C)C(=O)OCC)cc2)cc1. The maximum absolute atomic E-state index is 12.2. The highest BCUT2D eigenvalue weighted by Crippen LogP contribution is 2.27. The van der Waals surface area contributed by atoms with Crippen LogP contribution in [-0.4, -0.2) is 60.8 Å². The molecule has 10 heteroatoms. The fourth-order valence-corrected chi connectivity index (χ4v) is 8.66. The molecule has 0 N–H and O–H groups in total. The van der Waals surface area contributed by atoms with E-state index in [1.54, 1.807) is 38.1 Å². The van der Waals surface area contributed by atoms with Gasteiger partial charge < -0.3 is 18.9 Å². The molecule has 0 saturated heterocycles. The van der Waals surface area contributed by atoms with Crippen LogP contribution in [-0.2, 0) is 28.5 Å². The Bertz CT molecular complexity index is 1930. The topological polar surface area (TPSA) is 105 Å². The van der Waals surface area contributed by atoms with E-state index >= 15 is 0 Å². The lowest BCUT2D eigenvalue weighted by Crippen LogP contribution is -2.26. The largest absolute Gasteiger partial charge is 0.463 e. The zero-order valence-electron chi connectivity index (χ0n) is 39.9. The number of rotatable bonds is 29. The molecule has 0 radical (unpaired) electrons. The lowest BCUT2D eigenvalue weighted by Gasteiger charge is -2.12. The van der Waals surface area contributed by atoms with Crippen LogP contribution in [0.3, 0.4) is 0 Å². The summed E-state index contributed by atoms with van der Waals surface area (Å²) in [6.07, 6.45) is 18.3. The van der Waals surface area contributed by atoms with Gasteiger partial charge in [-0.15, -0.1) is 23.5 Å². The van der Waals surface area contributed by atoms with E-state index in [2.05, 4.69) is 62.4 Å². The van der Waals surface area contributed by atoms with E-state index in [-0.39, 0.29) is 13.2 Å². The highest BCUT2D eigenvalue weighted by atomic mass is 32.2. The molecule has 4 aromatic carbocycles. The minimum atomic E-state index is -0.923. The number of ether oxygens (including phenoxy) is 4. The van der Waals surface area contributed by atoms with Crippen molar-refractivity contribution >= 4 is 47.4 Å². The third-order valence-electron chi connectivity index (χ3n) is 10.7. The summed E-state index contributed by atoms with van der Waals surface area (Å²) in [5, 5.41) is 0. The van der Waals surface area contributed by atoms with E-state index in [0.717, 1.165) is 33.8 Å². The number of carbonyl (C=O) groups excluding carboxylic acids is 4. The van der Waals surface area contributed by atoms with E-state index in [1.165, 1.54) is 120 Å². The monoisotopic (exact) mass is 926 g/mol. The van der Waals surface area contributed by atoms with Crippen molar-refractivity contribution in [3.63, 3.8) is 0 Å². The van der Waals surface area contributed by atoms with Gasteiger partial charge in [-0.3, -0.25) is 0 Å². The molecule has 0 amide bonds. The minimum Gasteiger partial charge on any atom is -0.463 e. The third-order valence-corrected chi connectivity index (χ3v) is 12.9. The summed E-state index contributed by atoms with van der Waals surface area (Å²) in [4.78, 5) is 50.3. The first-order valence-electron chi connectivity index (χ1n) is 24.0. The summed E-state index contributed by atoms with van der Waals surface area (Å²) in [5.74, 6) is 0.179. The van der Waals surface area contributed by atoms with Crippen molar-refractivity contribution in [1.82, 2.24) is 0 Å². The average molecular weight is 927 g/mol. The fraction of sp³-hybridized carbons (Fsp3) is 0.491. The molecular weight excluding hydrogens is 853 g/mol. The fourth-order valence-electron chi connectivity index (χ4n) is 6.83. The van der Waals surface area contributed by atoms with Crippen LogP contribution in [0, 0.1) is 0 Å². The molecule has 4 aromatic rings. The molecule has 0 aliphatic carbocycles. The molecule has 0 unspecified atom stereocenters. The Morgan fingerprint density at radius 1 is 0.400 bits per heavy atom. The van der Waals surface area contributed by atoms with Gasteiger partial charge in [0.05, 0.1) is 24.3 Å². The summed E-state index contributed by atoms with van der Waals surface area (Å²) in [7, 11) is 0. The number of esters is 4. The Morgan fingerprint density at radius 2 is 0.677 bits per heavy atom. The number of hydrogen-bond donors (Lipinski definition) is 0. The number of carbonyl (C=O) groups is 4. The van der Waals surface area contributed by atoms with E-state index in [1.807, 2.05) is 47.8 Å². The molecule has 354 valence electrons. The average Bonchev–Trinajstić information content (AvgIpc) is 3.32. The molecule has 0 spiro atoms. The molecule has 0 fully saturated rings. The van der Waals surface area contributed by atoms with Crippen LogP contribution in [0.2, 0.25) is 0 Å². The first kappa shape index (κ1) is 54.8. The summed E-state index contributed by atoms with van der Waals surface area (Å²) in [5.41, 5.74) is 5.09. The molecule has 0 aromatic heterocycles. The predicted molar refractivity (Wildman–Crippen MR) is 269 cm³/mol. The third kappa shape index (κ3) is 22.0. The van der Waals surface area contributed by atoms with Gasteiger partial charge in [0.15, 0.2) is 12.2 Å². The zero-order valence-corrected chi connectivity index (χ0v) is 41.5. The number of benzene rings is 4. The number of hydrogen-bond acceptors (Lipinski definition) is 10. The van der Waals surface area contributed by atoms with Gasteiger partial charge in [0, 0.05) is 9.79 Å². The van der Waals surface area contributed by atoms with Crippen LogP contribution in [0.5, 0.6) is 0 Å². The van der Waals surface area contributed by atoms with Crippen molar-refractivity contribution in [3.05, 3.63) is 108 Å². The molecular formula is C55H74O8S2. The smallest absolute Gasteiger partial charge is 0.347 e. The zero-order chi connectivity index (χ0) is 47.1. The lowest BCUT2D eigenvalue weighted by atomic mass is 10.0. The second kappa shape index (κ2) is 33.0. The molecule has 0 aliphatic rings. The van der Waals surface area contributed by atoms with Gasteiger partial charge in [-0.05, 0) is 123 Å². The van der Waals surface area contributed by atoms with Gasteiger partial charge >= 0.3 is 23.9 Å². The summed E-state index contributed by atoms with van der Waals surface area (Å²) in [6, 6.07) is 31.6. The first-order valence-corrected chi connectivity index (χ1v) is 26.0. The quantitative estimate of drug-likeness (QED) is 0.0226. The van der Waals surface area contributed by atoms with Crippen molar-refractivity contribution in [1.29, 1.82) is 0 Å². The van der Waals surface area contributed by atoms with Crippen LogP contribution in [0.4, 0.5) is 0 Å². The van der Waals surface area contributed by atoms with Gasteiger partial charge in [-0.1, -0.05) is 146 Å². The van der Waals surface area contributed by atoms with Crippen molar-refractivity contribution < 1.29 is 38.1 Å². The van der Waals surface area contributed by atoms with E-state index in [9.17, 15) is 19.2 Å². The molecule has 8 nitrogen and oxygen atoms in total. The second-order valence-electron chi connectivity index (χ2n) is 16.1. The molecule has 65 heavy (non-hydrogen) atoms. The van der Waals surface area contributed by atoms with Crippen molar-refractivity contribution in [2.24, 2.45) is 0 Å². The standard InChI is InChI=1S/C28H38O4S.C27H36O4S/c1-4-6-7-8-9-10-11-12-21-33-26-19-17-24(18-20-26)23-13-15-25(16-14-23)28(30)32-22(3)27(29)31-5-2;1-4-6-7-8-9-10-11-20-32-25-18-16-23(17-19-25)22-12-14-24(15-13-22)27(29)31-21(3)26(28)30-5-2/h13-20,22H,4-12,21H2,1-3H3;12-19,21H,4-11,20H2,1-3H3/t22-;21-/m00/s1. The summed E-state index contributed by atoms with van der Waals surface area (Å²) in [6.45, 7) is 11.5. The number of thioether (sulfide) groups is 2. The molecule has 0 bridgehead atoms. The Hall–Kier alpha value is -4.54. The van der Waals surface area contributed by atoms with Gasteiger partial charge in [0.25, 0.3) is 0 Å². The molecule has 0 aliphatic heterocycles. The van der Waals surface area contributed by atoms with E-state index in [4.69, 9.17) is 18.9 Å². The van der Waals surface area contributed by atoms with Gasteiger partial charge in [-0.25, -0.2) is 19.2 Å². The Balaban J connectivity index is 0.000000345. The minimum absolute atomic E-state index is 0.256. The summed E-state index contributed by atoms with van der Waals surface area (Å²) >= 11 is 3.83. The van der Waals surface area contributed by atoms with Crippen LogP contribution >= 0.6 is 23.5 Å². The summed E-state index contributed by atoms with van der Waals surface area (Å²) < 4.78 is 20.1. The van der Waals surface area contributed by atoms with Gasteiger partial charge in [0.1, 0.15) is 0 Å². The Morgan fingerprint density at radius 3 is 0.969 bits per heavy atom. The Kier molecular flexibility index (Phi) is 27.8. The number of unbranched alkanes of at least 4 members (excludes halogenated alkanes) is 13. The molecule has 0 saturated carbocycles. The second-order valence-corrected chi connectivity index (χ2v) is 18.4. The normalized spacial score (nSPS) is 11.7. The highest BCUT2D eigenvalue weighted by Gasteiger charge is 2.21. The van der Waals surface area contributed by atoms with Crippen LogP contribution in [0.15, 0.2) is 107 Å². The predicted octanol–water partition coefficient (Wildman–Crippen LogP) is 15.0. The van der Waals surface area contributed by atoms with E-state index in [0.29, 0.717) is 11.1 Å². The molecule has 0 heterocycles. The highest BCUT2D eigenvalue weighted by molar-refractivity contribution is 7.99. The molecule has 2 atom stereocenters.